The molecule has 4 rings (SSSR count). The van der Waals surface area contributed by atoms with Crippen molar-refractivity contribution in [2.24, 2.45) is 28.9 Å². The Labute approximate surface area is 104 Å². The van der Waals surface area contributed by atoms with E-state index in [9.17, 15) is 4.79 Å². The van der Waals surface area contributed by atoms with Gasteiger partial charge in [0, 0.05) is 19.5 Å². The molecule has 3 nitrogen and oxygen atoms in total. The summed E-state index contributed by atoms with van der Waals surface area (Å²) in [5.74, 6) is 2.85. The molecule has 3 heteroatoms. The molecular formula is C14H24N2O. The zero-order valence-corrected chi connectivity index (χ0v) is 10.7. The molecule has 0 aromatic heterocycles. The molecule has 17 heavy (non-hydrogen) atoms. The van der Waals surface area contributed by atoms with Crippen molar-refractivity contribution in [1.82, 2.24) is 5.32 Å². The summed E-state index contributed by atoms with van der Waals surface area (Å²) < 4.78 is 0. The molecule has 0 spiro atoms. The third kappa shape index (κ3) is 1.88. The van der Waals surface area contributed by atoms with Crippen molar-refractivity contribution in [1.29, 1.82) is 0 Å². The standard InChI is InChI=1S/C14H24N2O/c1-16-13(17)5-12(15)14-6-9-2-10(7-14)4-11(3-9)8-14/h9-12H,2-8,15H2,1H3,(H,16,17). The lowest BCUT2D eigenvalue weighted by molar-refractivity contribution is -0.124. The third-order valence-corrected chi connectivity index (χ3v) is 5.56. The second-order valence-corrected chi connectivity index (χ2v) is 6.76. The van der Waals surface area contributed by atoms with E-state index in [1.165, 1.54) is 38.5 Å². The van der Waals surface area contributed by atoms with Gasteiger partial charge in [-0.1, -0.05) is 0 Å². The lowest BCUT2D eigenvalue weighted by Crippen LogP contribution is -2.55. The highest BCUT2D eigenvalue weighted by atomic mass is 16.1. The molecule has 96 valence electrons. The Morgan fingerprint density at radius 1 is 1.24 bits per heavy atom. The number of nitrogens with one attached hydrogen (secondary N) is 1. The molecule has 0 heterocycles. The number of amides is 1. The van der Waals surface area contributed by atoms with Gasteiger partial charge in [0.25, 0.3) is 0 Å². The van der Waals surface area contributed by atoms with Crippen molar-refractivity contribution in [2.75, 3.05) is 7.05 Å². The predicted molar refractivity (Wildman–Crippen MR) is 67.3 cm³/mol. The highest BCUT2D eigenvalue weighted by Gasteiger charge is 2.53. The van der Waals surface area contributed by atoms with E-state index in [0.29, 0.717) is 11.8 Å². The number of rotatable bonds is 3. The van der Waals surface area contributed by atoms with Crippen LogP contribution in [0, 0.1) is 23.2 Å². The lowest BCUT2D eigenvalue weighted by Gasteiger charge is -2.58. The first-order valence-corrected chi connectivity index (χ1v) is 7.07. The fourth-order valence-corrected chi connectivity index (χ4v) is 5.15. The van der Waals surface area contributed by atoms with Crippen LogP contribution in [-0.4, -0.2) is 19.0 Å². The van der Waals surface area contributed by atoms with E-state index in [1.54, 1.807) is 7.05 Å². The Balaban J connectivity index is 1.75. The smallest absolute Gasteiger partial charge is 0.221 e. The molecule has 0 radical (unpaired) electrons. The van der Waals surface area contributed by atoms with Crippen LogP contribution in [0.25, 0.3) is 0 Å². The Morgan fingerprint density at radius 2 is 1.71 bits per heavy atom. The Hall–Kier alpha value is -0.570. The van der Waals surface area contributed by atoms with Gasteiger partial charge in [-0.15, -0.1) is 0 Å². The second kappa shape index (κ2) is 3.98. The molecule has 3 N–H and O–H groups in total. The zero-order chi connectivity index (χ0) is 12.0. The Kier molecular flexibility index (Phi) is 2.69. The third-order valence-electron chi connectivity index (χ3n) is 5.56. The molecule has 0 saturated heterocycles. The maximum absolute atomic E-state index is 11.5. The molecular weight excluding hydrogens is 212 g/mol. The van der Waals surface area contributed by atoms with Gasteiger partial charge in [0.15, 0.2) is 0 Å². The fourth-order valence-electron chi connectivity index (χ4n) is 5.15. The van der Waals surface area contributed by atoms with E-state index in [-0.39, 0.29) is 11.9 Å². The van der Waals surface area contributed by atoms with Crippen molar-refractivity contribution >= 4 is 5.91 Å². The van der Waals surface area contributed by atoms with Gasteiger partial charge in [-0.2, -0.15) is 0 Å². The fraction of sp³-hybridized carbons (Fsp3) is 0.929. The molecule has 0 aliphatic heterocycles. The molecule has 1 amide bonds. The first-order valence-electron chi connectivity index (χ1n) is 7.07. The van der Waals surface area contributed by atoms with E-state index in [0.717, 1.165) is 17.8 Å². The topological polar surface area (TPSA) is 55.1 Å². The Bertz CT molecular complexity index is 291. The molecule has 0 aromatic carbocycles. The molecule has 4 bridgehead atoms. The van der Waals surface area contributed by atoms with Crippen LogP contribution in [0.2, 0.25) is 0 Å². The predicted octanol–water partition coefficient (Wildman–Crippen LogP) is 1.67. The number of hydrogen-bond acceptors (Lipinski definition) is 2. The molecule has 1 unspecified atom stereocenters. The normalized spacial score (nSPS) is 44.7. The summed E-state index contributed by atoms with van der Waals surface area (Å²) in [4.78, 5) is 11.5. The summed E-state index contributed by atoms with van der Waals surface area (Å²) in [5, 5.41) is 2.71. The van der Waals surface area contributed by atoms with Gasteiger partial charge in [-0.25, -0.2) is 0 Å². The van der Waals surface area contributed by atoms with Crippen molar-refractivity contribution < 1.29 is 4.79 Å². The van der Waals surface area contributed by atoms with E-state index in [4.69, 9.17) is 5.73 Å². The van der Waals surface area contributed by atoms with E-state index < -0.39 is 0 Å². The van der Waals surface area contributed by atoms with Crippen LogP contribution in [-0.2, 0) is 4.79 Å². The number of hydrogen-bond donors (Lipinski definition) is 2. The van der Waals surface area contributed by atoms with Crippen LogP contribution in [0.5, 0.6) is 0 Å². The van der Waals surface area contributed by atoms with Crippen LogP contribution in [0.3, 0.4) is 0 Å². The maximum atomic E-state index is 11.5. The second-order valence-electron chi connectivity index (χ2n) is 6.76. The minimum Gasteiger partial charge on any atom is -0.359 e. The average molecular weight is 236 g/mol. The van der Waals surface area contributed by atoms with Gasteiger partial charge in [-0.3, -0.25) is 4.79 Å². The van der Waals surface area contributed by atoms with Crippen molar-refractivity contribution in [2.45, 2.75) is 51.0 Å². The van der Waals surface area contributed by atoms with Crippen LogP contribution in [0.4, 0.5) is 0 Å². The minimum atomic E-state index is 0.0795. The van der Waals surface area contributed by atoms with Gasteiger partial charge in [0.2, 0.25) is 5.91 Å². The summed E-state index contributed by atoms with van der Waals surface area (Å²) in [5.41, 5.74) is 6.70. The van der Waals surface area contributed by atoms with Gasteiger partial charge >= 0.3 is 0 Å². The highest BCUT2D eigenvalue weighted by molar-refractivity contribution is 5.76. The monoisotopic (exact) mass is 236 g/mol. The highest BCUT2D eigenvalue weighted by Crippen LogP contribution is 2.61. The molecule has 4 aliphatic carbocycles. The van der Waals surface area contributed by atoms with Crippen LogP contribution in [0.15, 0.2) is 0 Å². The lowest BCUT2D eigenvalue weighted by atomic mass is 9.47. The molecule has 4 fully saturated rings. The maximum Gasteiger partial charge on any atom is 0.221 e. The van der Waals surface area contributed by atoms with Crippen molar-refractivity contribution in [3.8, 4) is 0 Å². The van der Waals surface area contributed by atoms with Gasteiger partial charge in [0.1, 0.15) is 0 Å². The quantitative estimate of drug-likeness (QED) is 0.783. The summed E-state index contributed by atoms with van der Waals surface area (Å²) in [6.07, 6.45) is 8.69. The first-order chi connectivity index (χ1) is 8.11. The van der Waals surface area contributed by atoms with E-state index in [2.05, 4.69) is 5.32 Å². The molecule has 0 aromatic rings. The zero-order valence-electron chi connectivity index (χ0n) is 10.7. The number of carbonyl (C=O) groups excluding carboxylic acids is 1. The summed E-state index contributed by atoms with van der Waals surface area (Å²) in [6.45, 7) is 0. The minimum absolute atomic E-state index is 0.0795. The van der Waals surface area contributed by atoms with Crippen LogP contribution < -0.4 is 11.1 Å². The molecule has 4 aliphatic rings. The average Bonchev–Trinajstić information content (AvgIpc) is 2.26. The largest absolute Gasteiger partial charge is 0.359 e. The summed E-state index contributed by atoms with van der Waals surface area (Å²) in [6, 6.07) is 0.0795. The van der Waals surface area contributed by atoms with Crippen molar-refractivity contribution in [3.63, 3.8) is 0 Å². The molecule has 4 saturated carbocycles. The Morgan fingerprint density at radius 3 is 2.12 bits per heavy atom. The SMILES string of the molecule is CNC(=O)CC(N)C12CC3CC(CC(C3)C1)C2. The van der Waals surface area contributed by atoms with Crippen LogP contribution in [0.1, 0.15) is 44.9 Å². The van der Waals surface area contributed by atoms with Crippen molar-refractivity contribution in [3.05, 3.63) is 0 Å². The van der Waals surface area contributed by atoms with E-state index >= 15 is 0 Å². The number of carbonyl (C=O) groups is 1. The van der Waals surface area contributed by atoms with Gasteiger partial charge in [0.05, 0.1) is 0 Å². The molecule has 1 atom stereocenters. The summed E-state index contributed by atoms with van der Waals surface area (Å²) >= 11 is 0. The number of nitrogens with two attached hydrogens (primary N) is 1. The van der Waals surface area contributed by atoms with Crippen LogP contribution >= 0.6 is 0 Å². The van der Waals surface area contributed by atoms with E-state index in [1.807, 2.05) is 0 Å². The first kappa shape index (κ1) is 11.5. The van der Waals surface area contributed by atoms with Gasteiger partial charge in [-0.05, 0) is 61.7 Å². The van der Waals surface area contributed by atoms with Gasteiger partial charge < -0.3 is 11.1 Å². The summed E-state index contributed by atoms with van der Waals surface area (Å²) in [7, 11) is 1.70.